The third kappa shape index (κ3) is 5.85. The highest BCUT2D eigenvalue weighted by Crippen LogP contribution is 2.58. The summed E-state index contributed by atoms with van der Waals surface area (Å²) in [6, 6.07) is 12.3. The molecule has 0 unspecified atom stereocenters. The summed E-state index contributed by atoms with van der Waals surface area (Å²) in [7, 11) is 15.5. The zero-order valence-electron chi connectivity index (χ0n) is 31.5. The Hall–Kier alpha value is -5.00. The summed E-state index contributed by atoms with van der Waals surface area (Å²) in [6.07, 6.45) is 3.12. The molecule has 0 fully saturated rings. The van der Waals surface area contributed by atoms with E-state index in [0.717, 1.165) is 77.2 Å². The number of ether oxygens (including phenoxy) is 9. The van der Waals surface area contributed by atoms with E-state index in [-0.39, 0.29) is 12.1 Å². The molecule has 2 aliphatic heterocycles. The molecule has 0 spiro atoms. The van der Waals surface area contributed by atoms with Crippen molar-refractivity contribution in [3.8, 4) is 68.6 Å². The Labute approximate surface area is 305 Å². The lowest BCUT2D eigenvalue weighted by Crippen LogP contribution is -2.36. The molecular weight excluding hydrogens is 664 g/mol. The second kappa shape index (κ2) is 14.6. The van der Waals surface area contributed by atoms with Crippen LogP contribution in [0.5, 0.6) is 57.5 Å². The third-order valence-electron chi connectivity index (χ3n) is 10.8. The van der Waals surface area contributed by atoms with E-state index in [9.17, 15) is 0 Å². The molecule has 0 saturated carbocycles. The van der Waals surface area contributed by atoms with Gasteiger partial charge in [0.2, 0.25) is 5.75 Å². The Morgan fingerprint density at radius 3 is 1.90 bits per heavy atom. The Kier molecular flexibility index (Phi) is 9.91. The lowest BCUT2D eigenvalue weighted by Gasteiger charge is -2.41. The summed E-state index contributed by atoms with van der Waals surface area (Å²) in [5, 5.41) is 3.71. The first kappa shape index (κ1) is 35.4. The monoisotopic (exact) mass is 712 g/mol. The van der Waals surface area contributed by atoms with Crippen LogP contribution >= 0.6 is 0 Å². The van der Waals surface area contributed by atoms with Crippen molar-refractivity contribution in [2.45, 2.75) is 37.8 Å². The summed E-state index contributed by atoms with van der Waals surface area (Å²) in [5.41, 5.74) is 8.83. The highest BCUT2D eigenvalue weighted by atomic mass is 16.5. The van der Waals surface area contributed by atoms with Gasteiger partial charge in [0.25, 0.3) is 0 Å². The van der Waals surface area contributed by atoms with Crippen LogP contribution in [0, 0.1) is 0 Å². The Morgan fingerprint density at radius 2 is 1.23 bits per heavy atom. The summed E-state index contributed by atoms with van der Waals surface area (Å²) in [5.74, 6) is 6.41. The first-order chi connectivity index (χ1) is 25.3. The maximum absolute atomic E-state index is 6.89. The minimum Gasteiger partial charge on any atom is -0.493 e. The van der Waals surface area contributed by atoms with E-state index >= 15 is 0 Å². The number of nitrogens with zero attached hydrogens (tertiary/aromatic N) is 1. The fourth-order valence-electron chi connectivity index (χ4n) is 8.25. The van der Waals surface area contributed by atoms with Crippen molar-refractivity contribution in [3.63, 3.8) is 0 Å². The number of nitrogens with one attached hydrogen (secondary N) is 1. The number of methoxy groups -OCH3 is 8. The standard InChI is InChI=1S/C41H48N2O9/c1-43-13-11-25-37-29(43)15-23-17-36(34(47-5)20-27(23)38(37)40(50-8)41(51-9)39(25)49-7)52-30-21-35(48-6)32(45-3)18-24(30)14-28-26-19-33(46-4)31(44-2)16-22(26)10-12-42-28/h16-21,28-29,42H,10-15H2,1-9H3/t28-,29+/m1/s1. The Bertz CT molecular complexity index is 1990. The van der Waals surface area contributed by atoms with E-state index in [4.69, 9.17) is 42.6 Å². The maximum Gasteiger partial charge on any atom is 0.204 e. The molecule has 0 aromatic heterocycles. The Morgan fingerprint density at radius 1 is 0.615 bits per heavy atom. The molecule has 276 valence electrons. The molecule has 0 bridgehead atoms. The second-order valence-corrected chi connectivity index (χ2v) is 13.3. The predicted octanol–water partition coefficient (Wildman–Crippen LogP) is 6.73. The number of benzene rings is 4. The molecule has 2 heterocycles. The number of rotatable bonds is 12. The van der Waals surface area contributed by atoms with E-state index in [0.29, 0.717) is 52.4 Å². The number of hydrogen-bond acceptors (Lipinski definition) is 11. The number of hydrogen-bond donors (Lipinski definition) is 1. The van der Waals surface area contributed by atoms with Crippen LogP contribution in [0.25, 0.3) is 11.1 Å². The van der Waals surface area contributed by atoms with Gasteiger partial charge in [-0.1, -0.05) is 0 Å². The number of fused-ring (bicyclic) bond motifs is 3. The molecule has 2 atom stereocenters. The van der Waals surface area contributed by atoms with Gasteiger partial charge in [-0.3, -0.25) is 4.90 Å². The first-order valence-corrected chi connectivity index (χ1v) is 17.5. The molecule has 52 heavy (non-hydrogen) atoms. The van der Waals surface area contributed by atoms with E-state index in [1.54, 1.807) is 56.9 Å². The van der Waals surface area contributed by atoms with Crippen molar-refractivity contribution in [3.05, 3.63) is 69.8 Å². The normalized spacial score (nSPS) is 17.2. The van der Waals surface area contributed by atoms with Crippen LogP contribution in [-0.4, -0.2) is 81.9 Å². The Balaban J connectivity index is 1.34. The first-order valence-electron chi connectivity index (χ1n) is 17.5. The van der Waals surface area contributed by atoms with Gasteiger partial charge in [-0.2, -0.15) is 0 Å². The fourth-order valence-corrected chi connectivity index (χ4v) is 8.25. The van der Waals surface area contributed by atoms with Crippen LogP contribution in [-0.2, 0) is 25.7 Å². The highest BCUT2D eigenvalue weighted by molar-refractivity contribution is 5.87. The van der Waals surface area contributed by atoms with Gasteiger partial charge in [0.1, 0.15) is 5.75 Å². The molecule has 1 N–H and O–H groups in total. The van der Waals surface area contributed by atoms with Crippen molar-refractivity contribution in [1.82, 2.24) is 10.2 Å². The average molecular weight is 713 g/mol. The van der Waals surface area contributed by atoms with Gasteiger partial charge in [-0.05, 0) is 97.4 Å². The van der Waals surface area contributed by atoms with Crippen molar-refractivity contribution < 1.29 is 42.6 Å². The zero-order valence-corrected chi connectivity index (χ0v) is 31.5. The quantitative estimate of drug-likeness (QED) is 0.169. The van der Waals surface area contributed by atoms with E-state index in [1.807, 2.05) is 12.1 Å². The van der Waals surface area contributed by atoms with Gasteiger partial charge in [0, 0.05) is 41.4 Å². The maximum atomic E-state index is 6.89. The van der Waals surface area contributed by atoms with Crippen LogP contribution in [0.3, 0.4) is 0 Å². The summed E-state index contributed by atoms with van der Waals surface area (Å²) in [4.78, 5) is 2.40. The summed E-state index contributed by atoms with van der Waals surface area (Å²) >= 11 is 0. The van der Waals surface area contributed by atoms with Crippen molar-refractivity contribution in [1.29, 1.82) is 0 Å². The van der Waals surface area contributed by atoms with Crippen LogP contribution in [0.1, 0.15) is 45.5 Å². The van der Waals surface area contributed by atoms with E-state index in [1.165, 1.54) is 11.1 Å². The molecular formula is C41H48N2O9. The zero-order chi connectivity index (χ0) is 36.7. The molecule has 11 nitrogen and oxygen atoms in total. The van der Waals surface area contributed by atoms with Gasteiger partial charge in [0.05, 0.1) is 56.9 Å². The van der Waals surface area contributed by atoms with Crippen molar-refractivity contribution >= 4 is 0 Å². The molecule has 1 aliphatic carbocycles. The van der Waals surface area contributed by atoms with Crippen molar-refractivity contribution in [2.24, 2.45) is 0 Å². The van der Waals surface area contributed by atoms with Crippen LogP contribution < -0.4 is 47.9 Å². The molecule has 3 aliphatic rings. The molecule has 4 aromatic carbocycles. The molecule has 0 amide bonds. The minimum absolute atomic E-state index is 0.0126. The molecule has 4 aromatic rings. The molecule has 0 saturated heterocycles. The van der Waals surface area contributed by atoms with E-state index < -0.39 is 0 Å². The minimum atomic E-state index is -0.0126. The molecule has 7 rings (SSSR count). The molecule has 11 heteroatoms. The van der Waals surface area contributed by atoms with Gasteiger partial charge in [0.15, 0.2) is 46.0 Å². The van der Waals surface area contributed by atoms with Gasteiger partial charge >= 0.3 is 0 Å². The summed E-state index contributed by atoms with van der Waals surface area (Å²) in [6.45, 7) is 1.72. The SMILES string of the molecule is COc1cc(C[C@H]2NCCc3cc(OC)c(OC)cc32)c(Oc2cc3c(cc2OC)-c2c(OC)c(OC)c(OC)c4c2[C@H](C3)N(C)CC4)cc1OC. The van der Waals surface area contributed by atoms with Gasteiger partial charge in [-0.25, -0.2) is 0 Å². The lowest BCUT2D eigenvalue weighted by molar-refractivity contribution is 0.222. The van der Waals surface area contributed by atoms with Gasteiger partial charge < -0.3 is 47.9 Å². The number of likely N-dealkylation sites (N-methyl/N-ethyl adjacent to an activating group) is 1. The van der Waals surface area contributed by atoms with Gasteiger partial charge in [-0.15, -0.1) is 0 Å². The average Bonchev–Trinajstić information content (AvgIpc) is 3.18. The predicted molar refractivity (Wildman–Crippen MR) is 198 cm³/mol. The third-order valence-corrected chi connectivity index (χ3v) is 10.8. The highest BCUT2D eigenvalue weighted by Gasteiger charge is 2.40. The molecule has 0 radical (unpaired) electrons. The van der Waals surface area contributed by atoms with E-state index in [2.05, 4.69) is 41.5 Å². The largest absolute Gasteiger partial charge is 0.493 e. The topological polar surface area (TPSA) is 98.3 Å². The van der Waals surface area contributed by atoms with Crippen LogP contribution in [0.15, 0.2) is 36.4 Å². The lowest BCUT2D eigenvalue weighted by atomic mass is 9.76. The summed E-state index contributed by atoms with van der Waals surface area (Å²) < 4.78 is 53.7. The smallest absolute Gasteiger partial charge is 0.204 e. The fraction of sp³-hybridized carbons (Fsp3) is 0.415. The van der Waals surface area contributed by atoms with Crippen LogP contribution in [0.2, 0.25) is 0 Å². The van der Waals surface area contributed by atoms with Crippen LogP contribution in [0.4, 0.5) is 0 Å². The van der Waals surface area contributed by atoms with Crippen molar-refractivity contribution in [2.75, 3.05) is 77.0 Å². The second-order valence-electron chi connectivity index (χ2n) is 13.3.